The van der Waals surface area contributed by atoms with Gasteiger partial charge in [-0.25, -0.2) is 4.98 Å². The summed E-state index contributed by atoms with van der Waals surface area (Å²) in [6.45, 7) is 2.05. The van der Waals surface area contributed by atoms with E-state index in [2.05, 4.69) is 9.97 Å². The van der Waals surface area contributed by atoms with Gasteiger partial charge in [0.25, 0.3) is 5.56 Å². The molecule has 2 aromatic carbocycles. The molecule has 5 rings (SSSR count). The van der Waals surface area contributed by atoms with Crippen molar-refractivity contribution < 1.29 is 0 Å². The number of benzene rings is 2. The molecule has 5 aromatic rings. The van der Waals surface area contributed by atoms with Gasteiger partial charge in [-0.15, -0.1) is 11.3 Å². The van der Waals surface area contributed by atoms with Crippen molar-refractivity contribution in [3.8, 4) is 16.1 Å². The molecule has 0 aliphatic heterocycles. The van der Waals surface area contributed by atoms with Crippen molar-refractivity contribution in [2.24, 2.45) is 0 Å². The quantitative estimate of drug-likeness (QED) is 0.355. The number of halogens is 1. The molecule has 3 heterocycles. The molecule has 0 bridgehead atoms. The van der Waals surface area contributed by atoms with E-state index < -0.39 is 0 Å². The number of nitrogens with two attached hydrogens (primary N) is 2. The Bertz CT molecular complexity index is 1450. The summed E-state index contributed by atoms with van der Waals surface area (Å²) in [6, 6.07) is 21.2. The maximum Gasteiger partial charge on any atom is 0.264 e. The van der Waals surface area contributed by atoms with E-state index >= 15 is 0 Å². The minimum Gasteiger partial charge on any atom is -0.383 e. The molecule has 0 amide bonds. The smallest absolute Gasteiger partial charge is 0.264 e. The van der Waals surface area contributed by atoms with Gasteiger partial charge in [0.2, 0.25) is 5.95 Å². The van der Waals surface area contributed by atoms with E-state index in [4.69, 9.17) is 23.1 Å². The lowest BCUT2D eigenvalue weighted by Gasteiger charge is -2.14. The van der Waals surface area contributed by atoms with E-state index in [9.17, 15) is 4.79 Å². The predicted octanol–water partition coefficient (Wildman–Crippen LogP) is 5.58. The van der Waals surface area contributed by atoms with Crippen LogP contribution >= 0.6 is 22.9 Å². The van der Waals surface area contributed by atoms with E-state index in [1.54, 1.807) is 28.2 Å². The zero-order valence-electron chi connectivity index (χ0n) is 17.9. The van der Waals surface area contributed by atoms with Crippen LogP contribution in [0.25, 0.3) is 26.9 Å². The van der Waals surface area contributed by atoms with Gasteiger partial charge in [-0.2, -0.15) is 4.98 Å². The lowest BCUT2D eigenvalue weighted by atomic mass is 10.1. The van der Waals surface area contributed by atoms with Crippen LogP contribution in [0.4, 0.5) is 11.8 Å². The Hall–Kier alpha value is -3.68. The Morgan fingerprint density at radius 3 is 2.48 bits per heavy atom. The van der Waals surface area contributed by atoms with Crippen LogP contribution in [0.1, 0.15) is 12.6 Å². The van der Waals surface area contributed by atoms with Crippen molar-refractivity contribution >= 4 is 45.5 Å². The zero-order valence-corrected chi connectivity index (χ0v) is 19.5. The summed E-state index contributed by atoms with van der Waals surface area (Å²) in [7, 11) is 0. The lowest BCUT2D eigenvalue weighted by Crippen LogP contribution is -2.22. The maximum absolute atomic E-state index is 12.8. The largest absolute Gasteiger partial charge is 0.383 e. The molecule has 166 valence electrons. The van der Waals surface area contributed by atoms with Gasteiger partial charge >= 0.3 is 0 Å². The highest BCUT2D eigenvalue weighted by atomic mass is 35.5. The zero-order chi connectivity index (χ0) is 23.4. The molecule has 3 aromatic heterocycles. The third-order valence-corrected chi connectivity index (χ3v) is 6.29. The van der Waals surface area contributed by atoms with Crippen LogP contribution in [0.5, 0.6) is 0 Å². The van der Waals surface area contributed by atoms with Crippen LogP contribution in [-0.2, 0) is 6.42 Å². The Morgan fingerprint density at radius 1 is 1.03 bits per heavy atom. The molecule has 0 aliphatic rings. The average Bonchev–Trinajstić information content (AvgIpc) is 3.34. The van der Waals surface area contributed by atoms with Crippen molar-refractivity contribution in [2.75, 3.05) is 11.5 Å². The van der Waals surface area contributed by atoms with Crippen LogP contribution < -0.4 is 17.0 Å². The molecule has 0 unspecified atom stereocenters. The van der Waals surface area contributed by atoms with Gasteiger partial charge in [0.15, 0.2) is 0 Å². The van der Waals surface area contributed by atoms with E-state index in [0.717, 1.165) is 33.6 Å². The fourth-order valence-corrected chi connectivity index (χ4v) is 4.53. The van der Waals surface area contributed by atoms with Crippen LogP contribution in [-0.4, -0.2) is 14.5 Å². The number of rotatable bonds is 3. The summed E-state index contributed by atoms with van der Waals surface area (Å²) in [6.07, 6.45) is 2.43. The Kier molecular flexibility index (Phi) is 6.72. The second kappa shape index (κ2) is 9.85. The molecular formula is C25H22ClN5OS. The highest BCUT2D eigenvalue weighted by Crippen LogP contribution is 2.28. The molecule has 8 heteroatoms. The average molecular weight is 476 g/mol. The van der Waals surface area contributed by atoms with Gasteiger partial charge < -0.3 is 11.5 Å². The number of para-hydroxylation sites is 1. The van der Waals surface area contributed by atoms with E-state index in [1.807, 2.05) is 73.0 Å². The standard InChI is InChI=1S/C17H14ClNO.C8H8N4S/c1-2-13-11-12-7-6-10-15(18)16(12)17(20)19(13)14-8-4-3-5-9-14;9-7-5(4-11-8(10)12-7)6-2-1-3-13-6/h3-11H,2H2,1H3;1-4H,(H4,9,10,11,12). The minimum atomic E-state index is -0.0591. The number of nitrogens with zero attached hydrogens (tertiary/aromatic N) is 3. The lowest BCUT2D eigenvalue weighted by molar-refractivity contribution is 0.889. The first kappa shape index (κ1) is 22.5. The highest BCUT2D eigenvalue weighted by Gasteiger charge is 2.12. The first-order valence-electron chi connectivity index (χ1n) is 10.3. The van der Waals surface area contributed by atoms with E-state index in [-0.39, 0.29) is 11.5 Å². The molecular weight excluding hydrogens is 454 g/mol. The van der Waals surface area contributed by atoms with Gasteiger partial charge in [-0.05, 0) is 47.5 Å². The third kappa shape index (κ3) is 4.74. The van der Waals surface area contributed by atoms with Crippen LogP contribution in [0.15, 0.2) is 83.1 Å². The SMILES string of the molecule is CCc1cc2cccc(Cl)c2c(=O)n1-c1ccccc1.Nc1ncc(-c2cccs2)c(N)n1. The molecule has 0 atom stereocenters. The normalized spacial score (nSPS) is 10.6. The molecule has 0 spiro atoms. The second-order valence-electron chi connectivity index (χ2n) is 7.17. The summed E-state index contributed by atoms with van der Waals surface area (Å²) in [5.41, 5.74) is 13.7. The number of thiophene rings is 1. The maximum atomic E-state index is 12.8. The molecule has 6 nitrogen and oxygen atoms in total. The van der Waals surface area contributed by atoms with Gasteiger partial charge in [0.1, 0.15) is 5.82 Å². The van der Waals surface area contributed by atoms with Crippen molar-refractivity contribution in [1.29, 1.82) is 0 Å². The monoisotopic (exact) mass is 475 g/mol. The predicted molar refractivity (Wildman–Crippen MR) is 138 cm³/mol. The van der Waals surface area contributed by atoms with Crippen molar-refractivity contribution in [3.63, 3.8) is 0 Å². The van der Waals surface area contributed by atoms with Gasteiger partial charge in [-0.1, -0.05) is 54.9 Å². The molecule has 0 fully saturated rings. The summed E-state index contributed by atoms with van der Waals surface area (Å²) in [5, 5.41) is 3.95. The minimum absolute atomic E-state index is 0.0591. The third-order valence-electron chi connectivity index (χ3n) is 5.07. The topological polar surface area (TPSA) is 99.8 Å². The van der Waals surface area contributed by atoms with Crippen LogP contribution in [0.3, 0.4) is 0 Å². The van der Waals surface area contributed by atoms with Crippen molar-refractivity contribution in [1.82, 2.24) is 14.5 Å². The Morgan fingerprint density at radius 2 is 1.82 bits per heavy atom. The van der Waals surface area contributed by atoms with E-state index in [1.165, 1.54) is 0 Å². The number of aromatic nitrogens is 3. The van der Waals surface area contributed by atoms with Crippen LogP contribution in [0.2, 0.25) is 5.02 Å². The van der Waals surface area contributed by atoms with Gasteiger partial charge in [0.05, 0.1) is 16.0 Å². The number of hydrogen-bond donors (Lipinski definition) is 2. The number of aryl methyl sites for hydroxylation is 1. The summed E-state index contributed by atoms with van der Waals surface area (Å²) >= 11 is 7.80. The van der Waals surface area contributed by atoms with Crippen LogP contribution in [0, 0.1) is 0 Å². The van der Waals surface area contributed by atoms with Gasteiger partial charge in [-0.3, -0.25) is 9.36 Å². The molecule has 0 radical (unpaired) electrons. The molecule has 0 aliphatic carbocycles. The fourth-order valence-electron chi connectivity index (χ4n) is 3.52. The molecule has 0 saturated carbocycles. The number of nitrogen functional groups attached to an aromatic ring is 2. The van der Waals surface area contributed by atoms with Crippen molar-refractivity contribution in [3.05, 3.63) is 99.4 Å². The van der Waals surface area contributed by atoms with Gasteiger partial charge in [0, 0.05) is 22.5 Å². The van der Waals surface area contributed by atoms with E-state index in [0.29, 0.717) is 16.2 Å². The number of anilines is 2. The molecule has 0 saturated heterocycles. The fraction of sp³-hybridized carbons (Fsp3) is 0.0800. The Labute approximate surface area is 200 Å². The summed E-state index contributed by atoms with van der Waals surface area (Å²) in [4.78, 5) is 21.6. The highest BCUT2D eigenvalue weighted by molar-refractivity contribution is 7.13. The number of hydrogen-bond acceptors (Lipinski definition) is 6. The second-order valence-corrected chi connectivity index (χ2v) is 8.53. The summed E-state index contributed by atoms with van der Waals surface area (Å²) < 4.78 is 1.74. The molecule has 33 heavy (non-hydrogen) atoms. The number of fused-ring (bicyclic) bond motifs is 1. The molecule has 4 N–H and O–H groups in total. The first-order chi connectivity index (χ1) is 16.0. The number of pyridine rings is 1. The van der Waals surface area contributed by atoms with Crippen molar-refractivity contribution in [2.45, 2.75) is 13.3 Å². The summed E-state index contributed by atoms with van der Waals surface area (Å²) in [5.74, 6) is 0.632. The Balaban J connectivity index is 0.000000172. The first-order valence-corrected chi connectivity index (χ1v) is 11.6.